The fraction of sp³-hybridized carbons (Fsp3) is 0.200. The van der Waals surface area contributed by atoms with Gasteiger partial charge in [0.05, 0.1) is 7.11 Å². The summed E-state index contributed by atoms with van der Waals surface area (Å²) in [6.45, 7) is 0.215. The molecule has 1 atom stereocenters. The van der Waals surface area contributed by atoms with Gasteiger partial charge in [-0.3, -0.25) is 0 Å². The molecule has 20 heavy (non-hydrogen) atoms. The molecule has 2 aromatic carbocycles. The topological polar surface area (TPSA) is 44.5 Å². The van der Waals surface area contributed by atoms with E-state index in [9.17, 15) is 4.39 Å². The Morgan fingerprint density at radius 1 is 1.20 bits per heavy atom. The van der Waals surface area contributed by atoms with Crippen LogP contribution in [-0.4, -0.2) is 13.7 Å². The Bertz CT molecular complexity index is 592. The minimum absolute atomic E-state index is 0.153. The van der Waals surface area contributed by atoms with E-state index >= 15 is 0 Å². The first kappa shape index (κ1) is 14.8. The number of nitrogens with two attached hydrogens (primary N) is 1. The zero-order valence-corrected chi connectivity index (χ0v) is 12.6. The molecular weight excluding hydrogens is 325 g/mol. The zero-order valence-electron chi connectivity index (χ0n) is 11.0. The summed E-state index contributed by atoms with van der Waals surface area (Å²) in [6, 6.07) is 11.9. The van der Waals surface area contributed by atoms with Crippen molar-refractivity contribution in [3.63, 3.8) is 0 Å². The maximum atomic E-state index is 13.7. The molecule has 2 rings (SSSR count). The second kappa shape index (κ2) is 6.72. The molecule has 0 saturated heterocycles. The normalized spacial score (nSPS) is 12.0. The van der Waals surface area contributed by atoms with Crippen molar-refractivity contribution >= 4 is 15.9 Å². The van der Waals surface area contributed by atoms with Gasteiger partial charge >= 0.3 is 0 Å². The largest absolute Gasteiger partial charge is 0.496 e. The van der Waals surface area contributed by atoms with Crippen molar-refractivity contribution in [1.29, 1.82) is 0 Å². The highest BCUT2D eigenvalue weighted by molar-refractivity contribution is 9.10. The van der Waals surface area contributed by atoms with Crippen LogP contribution >= 0.6 is 15.9 Å². The smallest absolute Gasteiger partial charge is 0.165 e. The van der Waals surface area contributed by atoms with Gasteiger partial charge in [0.2, 0.25) is 0 Å². The molecule has 0 heterocycles. The minimum Gasteiger partial charge on any atom is -0.496 e. The molecule has 2 aromatic rings. The molecular formula is C15H15BrFNO2. The summed E-state index contributed by atoms with van der Waals surface area (Å²) < 4.78 is 25.5. The van der Waals surface area contributed by atoms with E-state index in [-0.39, 0.29) is 12.3 Å². The molecule has 0 amide bonds. The van der Waals surface area contributed by atoms with Crippen LogP contribution in [0.4, 0.5) is 4.39 Å². The highest BCUT2D eigenvalue weighted by Crippen LogP contribution is 2.31. The van der Waals surface area contributed by atoms with Crippen molar-refractivity contribution in [3.05, 3.63) is 58.3 Å². The molecule has 0 spiro atoms. The second-order valence-electron chi connectivity index (χ2n) is 4.16. The van der Waals surface area contributed by atoms with Crippen molar-refractivity contribution in [1.82, 2.24) is 0 Å². The van der Waals surface area contributed by atoms with E-state index in [0.29, 0.717) is 5.75 Å². The van der Waals surface area contributed by atoms with E-state index in [0.717, 1.165) is 10.0 Å². The molecule has 0 fully saturated rings. The summed E-state index contributed by atoms with van der Waals surface area (Å²) in [5.41, 5.74) is 6.54. The summed E-state index contributed by atoms with van der Waals surface area (Å²) >= 11 is 3.29. The Morgan fingerprint density at radius 2 is 1.95 bits per heavy atom. The summed E-state index contributed by atoms with van der Waals surface area (Å²) in [5, 5.41) is 0. The third kappa shape index (κ3) is 3.29. The maximum Gasteiger partial charge on any atom is 0.165 e. The summed E-state index contributed by atoms with van der Waals surface area (Å²) in [4.78, 5) is 0. The quantitative estimate of drug-likeness (QED) is 0.903. The SMILES string of the molecule is COc1ccccc1C(CN)Oc1cc(Br)ccc1F. The van der Waals surface area contributed by atoms with E-state index in [1.54, 1.807) is 19.2 Å². The number of methoxy groups -OCH3 is 1. The van der Waals surface area contributed by atoms with Crippen LogP contribution in [0.3, 0.4) is 0 Å². The fourth-order valence-corrected chi connectivity index (χ4v) is 2.23. The lowest BCUT2D eigenvalue weighted by Crippen LogP contribution is -2.19. The van der Waals surface area contributed by atoms with Gasteiger partial charge in [0.1, 0.15) is 11.9 Å². The minimum atomic E-state index is -0.477. The highest BCUT2D eigenvalue weighted by Gasteiger charge is 2.18. The lowest BCUT2D eigenvalue weighted by atomic mass is 10.1. The molecule has 0 radical (unpaired) electrons. The van der Waals surface area contributed by atoms with E-state index < -0.39 is 11.9 Å². The van der Waals surface area contributed by atoms with Crippen LogP contribution in [0.2, 0.25) is 0 Å². The maximum absolute atomic E-state index is 13.7. The lowest BCUT2D eigenvalue weighted by molar-refractivity contribution is 0.199. The van der Waals surface area contributed by atoms with E-state index in [2.05, 4.69) is 15.9 Å². The van der Waals surface area contributed by atoms with Crippen LogP contribution in [0, 0.1) is 5.82 Å². The highest BCUT2D eigenvalue weighted by atomic mass is 79.9. The van der Waals surface area contributed by atoms with Crippen LogP contribution in [0.1, 0.15) is 11.7 Å². The van der Waals surface area contributed by atoms with E-state index in [4.69, 9.17) is 15.2 Å². The molecule has 0 saturated carbocycles. The summed E-state index contributed by atoms with van der Waals surface area (Å²) in [7, 11) is 1.58. The average molecular weight is 340 g/mol. The summed E-state index contributed by atoms with van der Waals surface area (Å²) in [6.07, 6.45) is -0.477. The molecule has 0 aliphatic rings. The standard InChI is InChI=1S/C15H15BrFNO2/c1-19-13-5-3-2-4-11(13)15(9-18)20-14-8-10(16)6-7-12(14)17/h2-8,15H,9,18H2,1H3. The first-order valence-electron chi connectivity index (χ1n) is 6.10. The predicted octanol–water partition coefficient (Wildman–Crippen LogP) is 3.68. The Hall–Kier alpha value is -1.59. The van der Waals surface area contributed by atoms with E-state index in [1.165, 1.54) is 6.07 Å². The number of halogens is 2. The van der Waals surface area contributed by atoms with Gasteiger partial charge in [0, 0.05) is 16.6 Å². The Kier molecular flexibility index (Phi) is 4.98. The fourth-order valence-electron chi connectivity index (χ4n) is 1.89. The van der Waals surface area contributed by atoms with Gasteiger partial charge in [-0.2, -0.15) is 0 Å². The summed E-state index contributed by atoms with van der Waals surface area (Å²) in [5.74, 6) is 0.389. The van der Waals surface area contributed by atoms with Gasteiger partial charge < -0.3 is 15.2 Å². The number of benzene rings is 2. The van der Waals surface area contributed by atoms with Crippen LogP contribution in [0.15, 0.2) is 46.9 Å². The van der Waals surface area contributed by atoms with E-state index in [1.807, 2.05) is 24.3 Å². The van der Waals surface area contributed by atoms with Gasteiger partial charge in [-0.1, -0.05) is 34.1 Å². The van der Waals surface area contributed by atoms with Gasteiger partial charge in [0.15, 0.2) is 11.6 Å². The van der Waals surface area contributed by atoms with Crippen LogP contribution < -0.4 is 15.2 Å². The number of hydrogen-bond acceptors (Lipinski definition) is 3. The average Bonchev–Trinajstić information content (AvgIpc) is 2.48. The molecule has 0 aromatic heterocycles. The number of ether oxygens (including phenoxy) is 2. The number of hydrogen-bond donors (Lipinski definition) is 1. The van der Waals surface area contributed by atoms with Gasteiger partial charge in [-0.05, 0) is 24.3 Å². The number of rotatable bonds is 5. The predicted molar refractivity (Wildman–Crippen MR) is 79.5 cm³/mol. The number of para-hydroxylation sites is 1. The molecule has 0 aliphatic carbocycles. The van der Waals surface area contributed by atoms with Gasteiger partial charge in [-0.15, -0.1) is 0 Å². The Labute approximate surface area is 125 Å². The Balaban J connectivity index is 2.31. The Morgan fingerprint density at radius 3 is 2.65 bits per heavy atom. The monoisotopic (exact) mass is 339 g/mol. The van der Waals surface area contributed by atoms with Crippen LogP contribution in [-0.2, 0) is 0 Å². The molecule has 0 aliphatic heterocycles. The van der Waals surface area contributed by atoms with Crippen molar-refractivity contribution in [2.24, 2.45) is 5.73 Å². The molecule has 1 unspecified atom stereocenters. The van der Waals surface area contributed by atoms with Gasteiger partial charge in [0.25, 0.3) is 0 Å². The second-order valence-corrected chi connectivity index (χ2v) is 5.07. The molecule has 5 heteroatoms. The lowest BCUT2D eigenvalue weighted by Gasteiger charge is -2.20. The molecule has 0 bridgehead atoms. The molecule has 3 nitrogen and oxygen atoms in total. The van der Waals surface area contributed by atoms with Crippen LogP contribution in [0.5, 0.6) is 11.5 Å². The first-order chi connectivity index (χ1) is 9.65. The van der Waals surface area contributed by atoms with Crippen LogP contribution in [0.25, 0.3) is 0 Å². The first-order valence-corrected chi connectivity index (χ1v) is 6.89. The van der Waals surface area contributed by atoms with Crippen molar-refractivity contribution in [2.75, 3.05) is 13.7 Å². The zero-order chi connectivity index (χ0) is 14.5. The van der Waals surface area contributed by atoms with Crippen molar-refractivity contribution < 1.29 is 13.9 Å². The van der Waals surface area contributed by atoms with Crippen molar-refractivity contribution in [3.8, 4) is 11.5 Å². The third-order valence-corrected chi connectivity index (χ3v) is 3.36. The molecule has 2 N–H and O–H groups in total. The van der Waals surface area contributed by atoms with Gasteiger partial charge in [-0.25, -0.2) is 4.39 Å². The third-order valence-electron chi connectivity index (χ3n) is 2.86. The van der Waals surface area contributed by atoms with Crippen molar-refractivity contribution in [2.45, 2.75) is 6.10 Å². The molecule has 106 valence electrons.